The standard InChI is InChI=1S/C18H16F3S.BF4/c1-12(2)13-7-5-8-14(10-13)17-11-15-6-3-4-9-16(15)22(17)18(19,20)21;2-1(3,4)5/h3-12H,1-2H3;/q+1;-1. The molecule has 0 aliphatic heterocycles. The quantitative estimate of drug-likeness (QED) is 0.228. The van der Waals surface area contributed by atoms with Gasteiger partial charge in [0.15, 0.2) is 9.58 Å². The Morgan fingerprint density at radius 2 is 1.44 bits per heavy atom. The maximum absolute atomic E-state index is 13.6. The number of hydrogen-bond acceptors (Lipinski definition) is 0. The van der Waals surface area contributed by atoms with Crippen LogP contribution in [0, 0.1) is 0 Å². The Morgan fingerprint density at radius 1 is 0.852 bits per heavy atom. The molecule has 0 radical (unpaired) electrons. The summed E-state index contributed by atoms with van der Waals surface area (Å²) in [6, 6.07) is 15.9. The summed E-state index contributed by atoms with van der Waals surface area (Å²) in [5.41, 5.74) is -2.53. The molecule has 2 aromatic carbocycles. The van der Waals surface area contributed by atoms with Crippen LogP contribution in [-0.2, 0) is 5.51 Å². The molecule has 0 amide bonds. The van der Waals surface area contributed by atoms with E-state index in [-0.39, 0.29) is 5.92 Å². The van der Waals surface area contributed by atoms with Crippen molar-refractivity contribution in [2.45, 2.75) is 25.3 Å². The Hall–Kier alpha value is -2.03. The van der Waals surface area contributed by atoms with Gasteiger partial charge in [0, 0.05) is 17.0 Å². The molecule has 3 aromatic rings. The van der Waals surface area contributed by atoms with Crippen molar-refractivity contribution in [1.82, 2.24) is 0 Å². The maximum Gasteiger partial charge on any atom is 0.673 e. The second-order valence-corrected chi connectivity index (χ2v) is 8.03. The van der Waals surface area contributed by atoms with Crippen LogP contribution in [0.2, 0.25) is 0 Å². The summed E-state index contributed by atoms with van der Waals surface area (Å²) in [6.45, 7) is 4.08. The number of rotatable bonds is 2. The van der Waals surface area contributed by atoms with Crippen LogP contribution < -0.4 is 0 Å². The van der Waals surface area contributed by atoms with Gasteiger partial charge in [-0.15, -0.1) is 13.2 Å². The highest BCUT2D eigenvalue weighted by Gasteiger charge is 2.48. The third-order valence-corrected chi connectivity index (χ3v) is 5.78. The van der Waals surface area contributed by atoms with E-state index in [1.165, 1.54) is 0 Å². The number of fused-ring (bicyclic) bond motifs is 1. The lowest BCUT2D eigenvalue weighted by molar-refractivity contribution is -0.0864. The minimum atomic E-state index is -6.00. The Balaban J connectivity index is 0.000000465. The molecule has 0 nitrogen and oxygen atoms in total. The van der Waals surface area contributed by atoms with Crippen molar-refractivity contribution in [3.05, 3.63) is 60.2 Å². The second kappa shape index (κ2) is 7.92. The van der Waals surface area contributed by atoms with Crippen LogP contribution in [0.25, 0.3) is 20.5 Å². The number of hydrogen-bond donors (Lipinski definition) is 0. The molecule has 0 bridgehead atoms. The molecule has 0 aliphatic rings. The summed E-state index contributed by atoms with van der Waals surface area (Å²) in [5, 5.41) is 0.674. The fraction of sp³-hybridized carbons (Fsp3) is 0.222. The van der Waals surface area contributed by atoms with Crippen LogP contribution in [0.3, 0.4) is 0 Å². The van der Waals surface area contributed by atoms with Gasteiger partial charge in [-0.3, -0.25) is 0 Å². The highest BCUT2D eigenvalue weighted by molar-refractivity contribution is 7.41. The summed E-state index contributed by atoms with van der Waals surface area (Å²) in [5.74, 6) is 0.289. The minimum Gasteiger partial charge on any atom is -0.418 e. The van der Waals surface area contributed by atoms with E-state index in [9.17, 15) is 30.4 Å². The van der Waals surface area contributed by atoms with Crippen molar-refractivity contribution < 1.29 is 30.4 Å². The molecule has 0 N–H and O–H groups in total. The van der Waals surface area contributed by atoms with E-state index in [2.05, 4.69) is 0 Å². The van der Waals surface area contributed by atoms with Gasteiger partial charge in [-0.25, -0.2) is 0 Å². The Bertz CT molecular complexity index is 904. The van der Waals surface area contributed by atoms with Gasteiger partial charge in [0.2, 0.25) is 0 Å². The molecular weight excluding hydrogens is 392 g/mol. The summed E-state index contributed by atoms with van der Waals surface area (Å²) < 4.78 is 80.2. The molecule has 146 valence electrons. The fourth-order valence-electron chi connectivity index (χ4n) is 2.61. The van der Waals surface area contributed by atoms with Gasteiger partial charge in [-0.1, -0.05) is 38.1 Å². The molecule has 1 unspecified atom stereocenters. The molecule has 0 saturated heterocycles. The van der Waals surface area contributed by atoms with Gasteiger partial charge < -0.3 is 17.3 Å². The van der Waals surface area contributed by atoms with E-state index in [0.717, 1.165) is 5.56 Å². The van der Waals surface area contributed by atoms with E-state index in [0.29, 0.717) is 20.5 Å². The highest BCUT2D eigenvalue weighted by Crippen LogP contribution is 2.54. The van der Waals surface area contributed by atoms with E-state index in [1.807, 2.05) is 32.0 Å². The Kier molecular flexibility index (Phi) is 6.24. The van der Waals surface area contributed by atoms with Gasteiger partial charge in [0.05, 0.1) is 0 Å². The predicted molar refractivity (Wildman–Crippen MR) is 97.4 cm³/mol. The summed E-state index contributed by atoms with van der Waals surface area (Å²) in [4.78, 5) is 0.371. The van der Waals surface area contributed by atoms with Crippen LogP contribution in [0.1, 0.15) is 25.3 Å². The van der Waals surface area contributed by atoms with Gasteiger partial charge >= 0.3 is 12.8 Å². The number of thiophene rings is 1. The third kappa shape index (κ3) is 5.72. The Morgan fingerprint density at radius 3 is 2.00 bits per heavy atom. The molecule has 0 spiro atoms. The first-order valence-electron chi connectivity index (χ1n) is 7.97. The zero-order valence-corrected chi connectivity index (χ0v) is 15.2. The molecule has 1 atom stereocenters. The van der Waals surface area contributed by atoms with Crippen molar-refractivity contribution in [3.8, 4) is 10.4 Å². The fourth-order valence-corrected chi connectivity index (χ4v) is 4.53. The molecular formula is C18H16BF7S. The largest absolute Gasteiger partial charge is 0.673 e. The van der Waals surface area contributed by atoms with Crippen LogP contribution in [0.4, 0.5) is 30.4 Å². The average Bonchev–Trinajstić information content (AvgIpc) is 2.93. The number of alkyl halides is 3. The topological polar surface area (TPSA) is 0 Å². The van der Waals surface area contributed by atoms with Gasteiger partial charge in [-0.2, -0.15) is 0 Å². The van der Waals surface area contributed by atoms with Crippen molar-refractivity contribution in [3.63, 3.8) is 0 Å². The van der Waals surface area contributed by atoms with Crippen molar-refractivity contribution in [2.24, 2.45) is 0 Å². The highest BCUT2D eigenvalue weighted by atomic mass is 32.2. The van der Waals surface area contributed by atoms with Crippen molar-refractivity contribution in [1.29, 1.82) is 0 Å². The molecule has 1 aromatic heterocycles. The lowest BCUT2D eigenvalue weighted by atomic mass is 10.0. The lowest BCUT2D eigenvalue weighted by Gasteiger charge is -2.06. The third-order valence-electron chi connectivity index (χ3n) is 3.71. The monoisotopic (exact) mass is 408 g/mol. The molecule has 0 fully saturated rings. The number of benzene rings is 2. The minimum absolute atomic E-state index is 0.289. The van der Waals surface area contributed by atoms with Gasteiger partial charge in [0.25, 0.3) is 0 Å². The zero-order chi connectivity index (χ0) is 20.4. The van der Waals surface area contributed by atoms with E-state index in [1.54, 1.807) is 36.4 Å². The predicted octanol–water partition coefficient (Wildman–Crippen LogP) is 8.16. The second-order valence-electron chi connectivity index (χ2n) is 6.07. The summed E-state index contributed by atoms with van der Waals surface area (Å²) >= 11 is 0. The first-order valence-corrected chi connectivity index (χ1v) is 9.20. The average molecular weight is 408 g/mol. The summed E-state index contributed by atoms with van der Waals surface area (Å²) in [6.07, 6.45) is 0. The SMILES string of the molecule is CC(C)c1cccc(-c2cc3ccccc3[s+]2C(F)(F)F)c1.F[B-](F)(F)F. The van der Waals surface area contributed by atoms with Crippen LogP contribution >= 0.6 is 10.5 Å². The smallest absolute Gasteiger partial charge is 0.418 e. The molecule has 9 heteroatoms. The maximum atomic E-state index is 13.6. The lowest BCUT2D eigenvalue weighted by Crippen LogP contribution is -2.02. The van der Waals surface area contributed by atoms with E-state index < -0.39 is 23.2 Å². The van der Waals surface area contributed by atoms with Crippen LogP contribution in [0.5, 0.6) is 0 Å². The van der Waals surface area contributed by atoms with Crippen molar-refractivity contribution in [2.75, 3.05) is 0 Å². The zero-order valence-electron chi connectivity index (χ0n) is 14.4. The van der Waals surface area contributed by atoms with Gasteiger partial charge in [0.1, 0.15) is 10.5 Å². The van der Waals surface area contributed by atoms with Gasteiger partial charge in [-0.05, 0) is 35.7 Å². The Labute approximate surface area is 154 Å². The van der Waals surface area contributed by atoms with Crippen molar-refractivity contribution >= 4 is 27.8 Å². The number of halogens is 7. The van der Waals surface area contributed by atoms with E-state index >= 15 is 0 Å². The van der Waals surface area contributed by atoms with Crippen LogP contribution in [0.15, 0.2) is 54.6 Å². The molecule has 27 heavy (non-hydrogen) atoms. The van der Waals surface area contributed by atoms with E-state index in [4.69, 9.17) is 0 Å². The molecule has 0 aliphatic carbocycles. The first-order chi connectivity index (χ1) is 12.4. The molecule has 1 heterocycles. The van der Waals surface area contributed by atoms with Crippen LogP contribution in [-0.4, -0.2) is 7.25 Å². The first kappa shape index (κ1) is 21.3. The molecule has 3 rings (SSSR count). The molecule has 0 saturated carbocycles. The normalized spacial score (nSPS) is 12.9. The summed E-state index contributed by atoms with van der Waals surface area (Å²) in [7, 11) is -7.87.